The van der Waals surface area contributed by atoms with Crippen LogP contribution >= 0.6 is 11.3 Å². The summed E-state index contributed by atoms with van der Waals surface area (Å²) in [4.78, 5) is 4.53. The first-order valence-corrected chi connectivity index (χ1v) is 7.18. The highest BCUT2D eigenvalue weighted by Gasteiger charge is 2.18. The molecule has 5 nitrogen and oxygen atoms in total. The van der Waals surface area contributed by atoms with Crippen molar-refractivity contribution in [1.29, 1.82) is 5.26 Å². The van der Waals surface area contributed by atoms with Crippen LogP contribution < -0.4 is 5.32 Å². The molecule has 0 aliphatic heterocycles. The van der Waals surface area contributed by atoms with Crippen LogP contribution in [0.15, 0.2) is 5.38 Å². The Hall–Kier alpha value is -2.00. The smallest absolute Gasteiger partial charge is 0.188 e. The molecule has 2 heterocycles. The molecule has 104 valence electrons. The molecule has 0 amide bonds. The van der Waals surface area contributed by atoms with Gasteiger partial charge in [0.25, 0.3) is 0 Å². The number of aromatic nitrogens is 3. The topological polar surface area (TPSA) is 74.5 Å². The van der Waals surface area contributed by atoms with Crippen molar-refractivity contribution in [2.75, 3.05) is 5.32 Å². The Balaban J connectivity index is 2.34. The second-order valence-corrected chi connectivity index (χ2v) is 6.52. The van der Waals surface area contributed by atoms with Gasteiger partial charge in [0.2, 0.25) is 0 Å². The first-order valence-electron chi connectivity index (χ1n) is 6.30. The minimum Gasteiger partial charge on any atom is -0.314 e. The highest BCUT2D eigenvalue weighted by Crippen LogP contribution is 2.29. The van der Waals surface area contributed by atoms with Crippen molar-refractivity contribution in [1.82, 2.24) is 15.2 Å². The predicted octanol–water partition coefficient (Wildman–Crippen LogP) is 3.46. The lowest BCUT2D eigenvalue weighted by Gasteiger charge is -2.14. The minimum atomic E-state index is 0.00333. The van der Waals surface area contributed by atoms with Gasteiger partial charge in [0.15, 0.2) is 10.9 Å². The minimum absolute atomic E-state index is 0.00333. The molecule has 6 heteroatoms. The third-order valence-corrected chi connectivity index (χ3v) is 3.82. The maximum absolute atomic E-state index is 9.26. The molecule has 2 aromatic rings. The van der Waals surface area contributed by atoms with Crippen molar-refractivity contribution in [3.63, 3.8) is 0 Å². The first-order chi connectivity index (χ1) is 9.32. The lowest BCUT2D eigenvalue weighted by atomic mass is 9.93. The van der Waals surface area contributed by atoms with Crippen LogP contribution in [0.3, 0.4) is 0 Å². The quantitative estimate of drug-likeness (QED) is 0.915. The van der Waals surface area contributed by atoms with Crippen molar-refractivity contribution in [3.05, 3.63) is 27.9 Å². The number of hydrogen-bond donors (Lipinski definition) is 1. The van der Waals surface area contributed by atoms with Crippen molar-refractivity contribution >= 4 is 22.3 Å². The van der Waals surface area contributed by atoms with Crippen LogP contribution in [0, 0.1) is 25.2 Å². The van der Waals surface area contributed by atoms with Gasteiger partial charge in [0.05, 0.1) is 11.4 Å². The Labute approximate surface area is 122 Å². The van der Waals surface area contributed by atoms with Crippen LogP contribution in [0.4, 0.5) is 10.9 Å². The van der Waals surface area contributed by atoms with Gasteiger partial charge in [0.1, 0.15) is 11.6 Å². The van der Waals surface area contributed by atoms with Gasteiger partial charge in [-0.25, -0.2) is 4.98 Å². The molecular formula is C14H17N5S. The lowest BCUT2D eigenvalue weighted by Crippen LogP contribution is -2.11. The normalized spacial score (nSPS) is 11.2. The zero-order chi connectivity index (χ0) is 14.9. The van der Waals surface area contributed by atoms with Crippen LogP contribution in [-0.4, -0.2) is 15.2 Å². The zero-order valence-corrected chi connectivity index (χ0v) is 13.1. The van der Waals surface area contributed by atoms with Gasteiger partial charge in [-0.3, -0.25) is 0 Å². The second-order valence-electron chi connectivity index (χ2n) is 5.66. The number of nitrogens with one attached hydrogen (secondary N) is 1. The average molecular weight is 287 g/mol. The van der Waals surface area contributed by atoms with E-state index in [-0.39, 0.29) is 5.41 Å². The predicted molar refractivity (Wildman–Crippen MR) is 80.3 cm³/mol. The monoisotopic (exact) mass is 287 g/mol. The Bertz CT molecular complexity index is 676. The van der Waals surface area contributed by atoms with Gasteiger partial charge in [0, 0.05) is 10.8 Å². The summed E-state index contributed by atoms with van der Waals surface area (Å²) in [5.41, 5.74) is 3.15. The van der Waals surface area contributed by atoms with Gasteiger partial charge >= 0.3 is 0 Å². The Morgan fingerprint density at radius 2 is 1.95 bits per heavy atom. The summed E-state index contributed by atoms with van der Waals surface area (Å²) < 4.78 is 0. The fourth-order valence-electron chi connectivity index (χ4n) is 1.61. The number of rotatable bonds is 2. The molecular weight excluding hydrogens is 270 g/mol. The van der Waals surface area contributed by atoms with Crippen LogP contribution in [0.25, 0.3) is 0 Å². The number of nitriles is 1. The zero-order valence-electron chi connectivity index (χ0n) is 12.3. The van der Waals surface area contributed by atoms with Crippen LogP contribution in [0.2, 0.25) is 0 Å². The van der Waals surface area contributed by atoms with Gasteiger partial charge in [-0.1, -0.05) is 20.8 Å². The van der Waals surface area contributed by atoms with Gasteiger partial charge in [-0.05, 0) is 19.4 Å². The molecule has 0 unspecified atom stereocenters. The van der Waals surface area contributed by atoms with E-state index in [1.165, 1.54) is 11.3 Å². The van der Waals surface area contributed by atoms with E-state index in [4.69, 9.17) is 0 Å². The molecule has 20 heavy (non-hydrogen) atoms. The highest BCUT2D eigenvalue weighted by atomic mass is 32.1. The Kier molecular flexibility index (Phi) is 3.73. The molecule has 0 atom stereocenters. The highest BCUT2D eigenvalue weighted by molar-refractivity contribution is 7.13. The summed E-state index contributed by atoms with van der Waals surface area (Å²) in [6, 6.07) is 2.17. The second kappa shape index (κ2) is 5.17. The summed E-state index contributed by atoms with van der Waals surface area (Å²) in [5, 5.41) is 23.2. The van der Waals surface area contributed by atoms with Crippen molar-refractivity contribution in [3.8, 4) is 6.07 Å². The molecule has 0 saturated heterocycles. The summed E-state index contributed by atoms with van der Waals surface area (Å²) in [6.07, 6.45) is 0. The molecule has 0 aromatic carbocycles. The molecule has 0 spiro atoms. The molecule has 0 aliphatic carbocycles. The SMILES string of the molecule is Cc1nnc(Nc2nc(C(C)(C)C)cs2)c(C#N)c1C. The number of aryl methyl sites for hydroxylation is 1. The fraction of sp³-hybridized carbons (Fsp3) is 0.429. The first kappa shape index (κ1) is 14.4. The van der Waals surface area contributed by atoms with E-state index in [1.54, 1.807) is 0 Å². The lowest BCUT2D eigenvalue weighted by molar-refractivity contribution is 0.573. The summed E-state index contributed by atoms with van der Waals surface area (Å²) in [5.74, 6) is 0.463. The van der Waals surface area contributed by atoms with Crippen molar-refractivity contribution in [2.24, 2.45) is 0 Å². The molecule has 0 saturated carbocycles. The third-order valence-electron chi connectivity index (χ3n) is 3.06. The van der Waals surface area contributed by atoms with Crippen LogP contribution in [-0.2, 0) is 5.41 Å². The standard InChI is InChI=1S/C14H17N5S/c1-8-9(2)18-19-12(10(8)6-15)17-13-16-11(7-20-13)14(3,4)5/h7H,1-5H3,(H,16,17,19). The number of anilines is 2. The molecule has 2 rings (SSSR count). The van der Waals surface area contributed by atoms with Crippen LogP contribution in [0.5, 0.6) is 0 Å². The van der Waals surface area contributed by atoms with E-state index < -0.39 is 0 Å². The maximum Gasteiger partial charge on any atom is 0.188 e. The molecule has 1 N–H and O–H groups in total. The van der Waals surface area contributed by atoms with E-state index in [0.717, 1.165) is 22.1 Å². The Morgan fingerprint density at radius 3 is 2.50 bits per heavy atom. The van der Waals surface area contributed by atoms with Gasteiger partial charge < -0.3 is 5.32 Å². The molecule has 0 radical (unpaired) electrons. The largest absolute Gasteiger partial charge is 0.314 e. The molecule has 0 fully saturated rings. The number of thiazole rings is 1. The van der Waals surface area contributed by atoms with Crippen molar-refractivity contribution in [2.45, 2.75) is 40.0 Å². The number of nitrogens with zero attached hydrogens (tertiary/aromatic N) is 4. The molecule has 0 bridgehead atoms. The maximum atomic E-state index is 9.26. The van der Waals surface area contributed by atoms with E-state index in [2.05, 4.69) is 47.3 Å². The van der Waals surface area contributed by atoms with E-state index >= 15 is 0 Å². The summed E-state index contributed by atoms with van der Waals surface area (Å²) in [7, 11) is 0. The summed E-state index contributed by atoms with van der Waals surface area (Å²) >= 11 is 1.50. The third kappa shape index (κ3) is 2.78. The van der Waals surface area contributed by atoms with E-state index in [0.29, 0.717) is 11.4 Å². The molecule has 0 aliphatic rings. The van der Waals surface area contributed by atoms with Gasteiger partial charge in [-0.2, -0.15) is 10.4 Å². The number of hydrogen-bond acceptors (Lipinski definition) is 6. The van der Waals surface area contributed by atoms with Crippen LogP contribution in [0.1, 0.15) is 43.3 Å². The Morgan fingerprint density at radius 1 is 1.25 bits per heavy atom. The average Bonchev–Trinajstić information content (AvgIpc) is 2.83. The summed E-state index contributed by atoms with van der Waals surface area (Å²) in [6.45, 7) is 10.1. The van der Waals surface area contributed by atoms with Crippen molar-refractivity contribution < 1.29 is 0 Å². The van der Waals surface area contributed by atoms with Gasteiger partial charge in [-0.15, -0.1) is 16.4 Å². The van der Waals surface area contributed by atoms with E-state index in [9.17, 15) is 5.26 Å². The molecule has 2 aromatic heterocycles. The fourth-order valence-corrected chi connectivity index (χ4v) is 2.55. The van der Waals surface area contributed by atoms with E-state index in [1.807, 2.05) is 19.2 Å².